The second-order valence-corrected chi connectivity index (χ2v) is 5.31. The Balaban J connectivity index is 2.11. The van der Waals surface area contributed by atoms with E-state index in [1.165, 1.54) is 25.3 Å². The summed E-state index contributed by atoms with van der Waals surface area (Å²) in [5.41, 5.74) is 2.85. The molecule has 1 N–H and O–H groups in total. The number of carbonyl (C=O) groups is 1. The van der Waals surface area contributed by atoms with Gasteiger partial charge in [-0.2, -0.15) is 0 Å². The molecule has 0 radical (unpaired) electrons. The van der Waals surface area contributed by atoms with Crippen LogP contribution in [0.3, 0.4) is 0 Å². The van der Waals surface area contributed by atoms with Crippen LogP contribution in [-0.2, 0) is 6.42 Å². The van der Waals surface area contributed by atoms with E-state index in [0.29, 0.717) is 29.4 Å². The lowest BCUT2D eigenvalue weighted by Crippen LogP contribution is -2.26. The van der Waals surface area contributed by atoms with E-state index in [1.807, 2.05) is 12.1 Å². The number of methoxy groups -OCH3 is 3. The molecule has 0 saturated heterocycles. The standard InChI is InChI=1S/C19H23NO4/c1-13-7-5-6-8-14(13)11-12-20-19(21)15-9-10-16(22-2)18(24-4)17(15)23-3/h5-10H,11-12H2,1-4H3,(H,20,21). The average molecular weight is 329 g/mol. The summed E-state index contributed by atoms with van der Waals surface area (Å²) in [6.07, 6.45) is 0.772. The number of nitrogens with one attached hydrogen (secondary N) is 1. The maximum Gasteiger partial charge on any atom is 0.255 e. The SMILES string of the molecule is COc1ccc(C(=O)NCCc2ccccc2C)c(OC)c1OC. The second kappa shape index (κ2) is 8.24. The van der Waals surface area contributed by atoms with Gasteiger partial charge >= 0.3 is 0 Å². The first-order chi connectivity index (χ1) is 11.6. The molecular formula is C19H23NO4. The Hall–Kier alpha value is -2.69. The minimum absolute atomic E-state index is 0.207. The molecule has 2 aromatic carbocycles. The van der Waals surface area contributed by atoms with Gasteiger partial charge in [0.25, 0.3) is 5.91 Å². The number of aryl methyl sites for hydroxylation is 1. The van der Waals surface area contributed by atoms with E-state index in [4.69, 9.17) is 14.2 Å². The molecule has 0 spiro atoms. The lowest BCUT2D eigenvalue weighted by Gasteiger charge is -2.15. The first kappa shape index (κ1) is 17.7. The van der Waals surface area contributed by atoms with Gasteiger partial charge in [0.05, 0.1) is 26.9 Å². The van der Waals surface area contributed by atoms with E-state index in [9.17, 15) is 4.79 Å². The Labute approximate surface area is 142 Å². The summed E-state index contributed by atoms with van der Waals surface area (Å²) in [5.74, 6) is 1.09. The Kier molecular flexibility index (Phi) is 6.07. The monoisotopic (exact) mass is 329 g/mol. The van der Waals surface area contributed by atoms with Gasteiger partial charge in [-0.25, -0.2) is 0 Å². The Morgan fingerprint density at radius 2 is 1.67 bits per heavy atom. The van der Waals surface area contributed by atoms with Crippen LogP contribution in [0.1, 0.15) is 21.5 Å². The van der Waals surface area contributed by atoms with Crippen LogP contribution in [0.25, 0.3) is 0 Å². The van der Waals surface area contributed by atoms with E-state index >= 15 is 0 Å². The summed E-state index contributed by atoms with van der Waals surface area (Å²) in [5, 5.41) is 2.92. The van der Waals surface area contributed by atoms with Crippen LogP contribution >= 0.6 is 0 Å². The van der Waals surface area contributed by atoms with E-state index in [-0.39, 0.29) is 5.91 Å². The lowest BCUT2D eigenvalue weighted by molar-refractivity contribution is 0.0950. The number of amides is 1. The molecule has 128 valence electrons. The van der Waals surface area contributed by atoms with Crippen molar-refractivity contribution in [2.45, 2.75) is 13.3 Å². The quantitative estimate of drug-likeness (QED) is 0.848. The van der Waals surface area contributed by atoms with Crippen LogP contribution in [0, 0.1) is 6.92 Å². The van der Waals surface area contributed by atoms with Crippen molar-refractivity contribution < 1.29 is 19.0 Å². The van der Waals surface area contributed by atoms with Gasteiger partial charge in [-0.05, 0) is 36.6 Å². The molecule has 0 atom stereocenters. The highest BCUT2D eigenvalue weighted by Crippen LogP contribution is 2.39. The number of rotatable bonds is 7. The summed E-state index contributed by atoms with van der Waals surface area (Å²) in [4.78, 5) is 12.5. The number of benzene rings is 2. The third-order valence-corrected chi connectivity index (χ3v) is 3.89. The molecule has 0 heterocycles. The third kappa shape index (κ3) is 3.79. The minimum atomic E-state index is -0.207. The van der Waals surface area contributed by atoms with E-state index < -0.39 is 0 Å². The van der Waals surface area contributed by atoms with Gasteiger partial charge in [0, 0.05) is 6.54 Å². The molecule has 0 unspecified atom stereocenters. The first-order valence-electron chi connectivity index (χ1n) is 7.74. The molecule has 2 rings (SSSR count). The molecule has 0 aliphatic rings. The van der Waals surface area contributed by atoms with E-state index in [1.54, 1.807) is 19.2 Å². The molecule has 2 aromatic rings. The van der Waals surface area contributed by atoms with Crippen molar-refractivity contribution in [2.75, 3.05) is 27.9 Å². The molecule has 0 aliphatic heterocycles. The number of hydrogen-bond acceptors (Lipinski definition) is 4. The van der Waals surface area contributed by atoms with Crippen molar-refractivity contribution in [3.8, 4) is 17.2 Å². The Morgan fingerprint density at radius 1 is 0.958 bits per heavy atom. The van der Waals surface area contributed by atoms with Crippen molar-refractivity contribution in [3.05, 3.63) is 53.1 Å². The molecule has 0 fully saturated rings. The Morgan fingerprint density at radius 3 is 2.29 bits per heavy atom. The van der Waals surface area contributed by atoms with Gasteiger partial charge in [0.2, 0.25) is 5.75 Å². The molecule has 0 bridgehead atoms. The summed E-state index contributed by atoms with van der Waals surface area (Å²) in [7, 11) is 4.56. The highest BCUT2D eigenvalue weighted by molar-refractivity contribution is 5.98. The molecule has 0 aromatic heterocycles. The normalized spacial score (nSPS) is 10.2. The van der Waals surface area contributed by atoms with Crippen LogP contribution in [0.2, 0.25) is 0 Å². The Bertz CT molecular complexity index is 713. The number of ether oxygens (including phenoxy) is 3. The zero-order valence-electron chi connectivity index (χ0n) is 14.5. The van der Waals surface area contributed by atoms with Crippen LogP contribution in [-0.4, -0.2) is 33.8 Å². The highest BCUT2D eigenvalue weighted by Gasteiger charge is 2.20. The highest BCUT2D eigenvalue weighted by atomic mass is 16.5. The van der Waals surface area contributed by atoms with Crippen molar-refractivity contribution in [2.24, 2.45) is 0 Å². The van der Waals surface area contributed by atoms with Gasteiger partial charge in [-0.3, -0.25) is 4.79 Å². The van der Waals surface area contributed by atoms with Gasteiger partial charge < -0.3 is 19.5 Å². The minimum Gasteiger partial charge on any atom is -0.493 e. The van der Waals surface area contributed by atoms with Gasteiger partial charge in [0.1, 0.15) is 0 Å². The first-order valence-corrected chi connectivity index (χ1v) is 7.74. The van der Waals surface area contributed by atoms with Crippen LogP contribution in [0.15, 0.2) is 36.4 Å². The lowest BCUT2D eigenvalue weighted by atomic mass is 10.1. The van der Waals surface area contributed by atoms with Crippen LogP contribution in [0.4, 0.5) is 0 Å². The van der Waals surface area contributed by atoms with Gasteiger partial charge in [0.15, 0.2) is 11.5 Å². The van der Waals surface area contributed by atoms with Gasteiger partial charge in [-0.15, -0.1) is 0 Å². The zero-order valence-corrected chi connectivity index (χ0v) is 14.5. The van der Waals surface area contributed by atoms with E-state index in [0.717, 1.165) is 6.42 Å². The van der Waals surface area contributed by atoms with Crippen LogP contribution < -0.4 is 19.5 Å². The fourth-order valence-corrected chi connectivity index (χ4v) is 2.58. The maximum absolute atomic E-state index is 12.5. The topological polar surface area (TPSA) is 56.8 Å². The van der Waals surface area contributed by atoms with Gasteiger partial charge in [-0.1, -0.05) is 24.3 Å². The molecule has 24 heavy (non-hydrogen) atoms. The second-order valence-electron chi connectivity index (χ2n) is 5.31. The van der Waals surface area contributed by atoms with Crippen molar-refractivity contribution >= 4 is 5.91 Å². The summed E-state index contributed by atoms with van der Waals surface area (Å²) in [6.45, 7) is 2.61. The summed E-state index contributed by atoms with van der Waals surface area (Å²) >= 11 is 0. The average Bonchev–Trinajstić information content (AvgIpc) is 2.61. The smallest absolute Gasteiger partial charge is 0.255 e. The van der Waals surface area contributed by atoms with Crippen LogP contribution in [0.5, 0.6) is 17.2 Å². The largest absolute Gasteiger partial charge is 0.493 e. The maximum atomic E-state index is 12.5. The summed E-state index contributed by atoms with van der Waals surface area (Å²) < 4.78 is 15.9. The third-order valence-electron chi connectivity index (χ3n) is 3.89. The van der Waals surface area contributed by atoms with Crippen molar-refractivity contribution in [3.63, 3.8) is 0 Å². The number of hydrogen-bond donors (Lipinski definition) is 1. The van der Waals surface area contributed by atoms with E-state index in [2.05, 4.69) is 24.4 Å². The van der Waals surface area contributed by atoms with Crippen molar-refractivity contribution in [1.82, 2.24) is 5.32 Å². The molecule has 1 amide bonds. The fourth-order valence-electron chi connectivity index (χ4n) is 2.58. The molecular weight excluding hydrogens is 306 g/mol. The molecule has 5 heteroatoms. The molecule has 0 saturated carbocycles. The predicted molar refractivity (Wildman–Crippen MR) is 93.3 cm³/mol. The summed E-state index contributed by atoms with van der Waals surface area (Å²) in [6, 6.07) is 11.5. The fraction of sp³-hybridized carbons (Fsp3) is 0.316. The predicted octanol–water partition coefficient (Wildman–Crippen LogP) is 2.99. The molecule has 0 aliphatic carbocycles. The van der Waals surface area contributed by atoms with Crippen molar-refractivity contribution in [1.29, 1.82) is 0 Å². The zero-order chi connectivity index (χ0) is 17.5. The number of carbonyl (C=O) groups excluding carboxylic acids is 1. The molecule has 5 nitrogen and oxygen atoms in total.